The summed E-state index contributed by atoms with van der Waals surface area (Å²) >= 11 is 3.00. The molecule has 0 saturated heterocycles. The van der Waals surface area contributed by atoms with E-state index in [0.717, 1.165) is 0 Å². The maximum atomic E-state index is 10.0. The molecule has 0 amide bonds. The molecule has 0 radical (unpaired) electrons. The van der Waals surface area contributed by atoms with Gasteiger partial charge >= 0.3 is 5.97 Å². The van der Waals surface area contributed by atoms with E-state index in [0.29, 0.717) is 5.33 Å². The van der Waals surface area contributed by atoms with E-state index in [9.17, 15) is 4.79 Å². The molecular formula is C6H11BrO4. The van der Waals surface area contributed by atoms with Gasteiger partial charge in [0, 0.05) is 11.8 Å². The smallest absolute Gasteiger partial charge is 0.305 e. The molecule has 0 heterocycles. The third kappa shape index (κ3) is 6.28. The molecule has 0 bridgehead atoms. The van der Waals surface area contributed by atoms with Gasteiger partial charge in [-0.25, -0.2) is 0 Å². The molecule has 0 aromatic heterocycles. The standard InChI is InChI=1S/C6H11BrO4/c7-3-5(9)1-4(8)2-6(10)11/h4-5,8-9H,1-3H2,(H,10,11). The minimum Gasteiger partial charge on any atom is -0.481 e. The summed E-state index contributed by atoms with van der Waals surface area (Å²) in [5.74, 6) is -1.06. The molecule has 3 N–H and O–H groups in total. The predicted molar refractivity (Wildman–Crippen MR) is 42.7 cm³/mol. The fourth-order valence-corrected chi connectivity index (χ4v) is 0.926. The molecule has 5 heteroatoms. The van der Waals surface area contributed by atoms with Crippen LogP contribution >= 0.6 is 15.9 Å². The van der Waals surface area contributed by atoms with Gasteiger partial charge in [0.1, 0.15) is 0 Å². The summed E-state index contributed by atoms with van der Waals surface area (Å²) in [5, 5.41) is 26.5. The SMILES string of the molecule is O=C(O)CC(O)CC(O)CBr. The Labute approximate surface area is 73.0 Å². The van der Waals surface area contributed by atoms with Crippen LogP contribution in [0.3, 0.4) is 0 Å². The fourth-order valence-electron chi connectivity index (χ4n) is 0.662. The maximum absolute atomic E-state index is 10.0. The van der Waals surface area contributed by atoms with Crippen LogP contribution in [0.1, 0.15) is 12.8 Å². The molecule has 0 fully saturated rings. The number of hydrogen-bond acceptors (Lipinski definition) is 3. The van der Waals surface area contributed by atoms with E-state index in [4.69, 9.17) is 15.3 Å². The molecule has 66 valence electrons. The molecule has 0 aliphatic heterocycles. The number of aliphatic hydroxyl groups excluding tert-OH is 2. The number of carbonyl (C=O) groups is 1. The van der Waals surface area contributed by atoms with Crippen molar-refractivity contribution in [1.29, 1.82) is 0 Å². The van der Waals surface area contributed by atoms with Gasteiger partial charge in [0.15, 0.2) is 0 Å². The number of carboxylic acids is 1. The van der Waals surface area contributed by atoms with E-state index in [-0.39, 0.29) is 12.8 Å². The van der Waals surface area contributed by atoms with Crippen LogP contribution in [0.25, 0.3) is 0 Å². The Morgan fingerprint density at radius 1 is 1.36 bits per heavy atom. The van der Waals surface area contributed by atoms with Gasteiger partial charge in [0.2, 0.25) is 0 Å². The number of carboxylic acid groups (broad SMARTS) is 1. The Balaban J connectivity index is 3.51. The number of aliphatic hydroxyl groups is 2. The van der Waals surface area contributed by atoms with Crippen LogP contribution in [0, 0.1) is 0 Å². The lowest BCUT2D eigenvalue weighted by molar-refractivity contribution is -0.139. The van der Waals surface area contributed by atoms with E-state index >= 15 is 0 Å². The van der Waals surface area contributed by atoms with Gasteiger partial charge in [-0.2, -0.15) is 0 Å². The highest BCUT2D eigenvalue weighted by atomic mass is 79.9. The van der Waals surface area contributed by atoms with E-state index in [2.05, 4.69) is 15.9 Å². The van der Waals surface area contributed by atoms with Crippen molar-refractivity contribution in [2.45, 2.75) is 25.0 Å². The lowest BCUT2D eigenvalue weighted by atomic mass is 10.1. The summed E-state index contributed by atoms with van der Waals surface area (Å²) in [6.07, 6.45) is -1.86. The fraction of sp³-hybridized carbons (Fsp3) is 0.833. The Morgan fingerprint density at radius 3 is 2.27 bits per heavy atom. The summed E-state index contributed by atoms with van der Waals surface area (Å²) in [7, 11) is 0. The lowest BCUT2D eigenvalue weighted by Gasteiger charge is -2.10. The molecule has 0 spiro atoms. The van der Waals surface area contributed by atoms with Crippen LogP contribution in [-0.4, -0.2) is 38.8 Å². The Bertz CT molecular complexity index is 128. The van der Waals surface area contributed by atoms with E-state index in [1.54, 1.807) is 0 Å². The first-order valence-corrected chi connectivity index (χ1v) is 4.32. The molecule has 0 rings (SSSR count). The van der Waals surface area contributed by atoms with Gasteiger partial charge in [0.05, 0.1) is 18.6 Å². The van der Waals surface area contributed by atoms with E-state index in [1.165, 1.54) is 0 Å². The van der Waals surface area contributed by atoms with Crippen molar-refractivity contribution in [3.63, 3.8) is 0 Å². The Kier molecular flexibility index (Phi) is 5.45. The largest absolute Gasteiger partial charge is 0.481 e. The van der Waals surface area contributed by atoms with Crippen molar-refractivity contribution in [3.8, 4) is 0 Å². The molecule has 0 aliphatic rings. The highest BCUT2D eigenvalue weighted by molar-refractivity contribution is 9.09. The van der Waals surface area contributed by atoms with Crippen LogP contribution in [0.2, 0.25) is 0 Å². The van der Waals surface area contributed by atoms with Gasteiger partial charge in [-0.05, 0) is 0 Å². The van der Waals surface area contributed by atoms with Crippen LogP contribution in [0.5, 0.6) is 0 Å². The zero-order valence-electron chi connectivity index (χ0n) is 5.90. The molecule has 0 saturated carbocycles. The van der Waals surface area contributed by atoms with Crippen molar-refractivity contribution in [2.75, 3.05) is 5.33 Å². The minimum atomic E-state index is -1.06. The topological polar surface area (TPSA) is 77.8 Å². The average molecular weight is 227 g/mol. The van der Waals surface area contributed by atoms with Crippen LogP contribution in [-0.2, 0) is 4.79 Å². The van der Waals surface area contributed by atoms with E-state index < -0.39 is 18.2 Å². The van der Waals surface area contributed by atoms with Crippen molar-refractivity contribution in [3.05, 3.63) is 0 Å². The monoisotopic (exact) mass is 226 g/mol. The van der Waals surface area contributed by atoms with E-state index in [1.807, 2.05) is 0 Å². The zero-order chi connectivity index (χ0) is 8.85. The summed E-state index contributed by atoms with van der Waals surface area (Å²) in [4.78, 5) is 10.0. The van der Waals surface area contributed by atoms with Crippen molar-refractivity contribution in [2.24, 2.45) is 0 Å². The highest BCUT2D eigenvalue weighted by Gasteiger charge is 2.13. The minimum absolute atomic E-state index is 0.0948. The summed E-state index contributed by atoms with van der Waals surface area (Å²) in [5.41, 5.74) is 0. The third-order valence-electron chi connectivity index (χ3n) is 1.13. The van der Waals surface area contributed by atoms with Gasteiger partial charge in [-0.1, -0.05) is 15.9 Å². The summed E-state index contributed by atoms with van der Waals surface area (Å²) < 4.78 is 0. The average Bonchev–Trinajstić information content (AvgIpc) is 1.85. The summed E-state index contributed by atoms with van der Waals surface area (Å²) in [6, 6.07) is 0. The van der Waals surface area contributed by atoms with Gasteiger partial charge < -0.3 is 15.3 Å². The van der Waals surface area contributed by atoms with Crippen LogP contribution < -0.4 is 0 Å². The van der Waals surface area contributed by atoms with Crippen molar-refractivity contribution < 1.29 is 20.1 Å². The Morgan fingerprint density at radius 2 is 1.91 bits per heavy atom. The van der Waals surface area contributed by atoms with Gasteiger partial charge in [0.25, 0.3) is 0 Å². The van der Waals surface area contributed by atoms with Gasteiger partial charge in [-0.15, -0.1) is 0 Å². The molecule has 11 heavy (non-hydrogen) atoms. The summed E-state index contributed by atoms with van der Waals surface area (Å²) in [6.45, 7) is 0. The number of halogens is 1. The normalized spacial score (nSPS) is 15.9. The number of hydrogen-bond donors (Lipinski definition) is 3. The molecule has 4 nitrogen and oxygen atoms in total. The number of aliphatic carboxylic acids is 1. The highest BCUT2D eigenvalue weighted by Crippen LogP contribution is 2.04. The molecule has 2 unspecified atom stereocenters. The lowest BCUT2D eigenvalue weighted by Crippen LogP contribution is -2.21. The van der Waals surface area contributed by atoms with Crippen LogP contribution in [0.15, 0.2) is 0 Å². The molecule has 0 aromatic carbocycles. The van der Waals surface area contributed by atoms with Crippen molar-refractivity contribution >= 4 is 21.9 Å². The Hall–Kier alpha value is -0.130. The second-order valence-corrected chi connectivity index (χ2v) is 2.94. The first-order valence-electron chi connectivity index (χ1n) is 3.20. The number of rotatable bonds is 5. The molecular weight excluding hydrogens is 216 g/mol. The first-order chi connectivity index (χ1) is 5.06. The molecule has 0 aromatic rings. The maximum Gasteiger partial charge on any atom is 0.305 e. The van der Waals surface area contributed by atoms with Gasteiger partial charge in [-0.3, -0.25) is 4.79 Å². The second-order valence-electron chi connectivity index (χ2n) is 2.30. The third-order valence-corrected chi connectivity index (χ3v) is 1.88. The second kappa shape index (κ2) is 5.51. The predicted octanol–water partition coefficient (Wildman–Crippen LogP) is -0.0321. The molecule has 0 aliphatic carbocycles. The number of alkyl halides is 1. The first kappa shape index (κ1) is 10.9. The van der Waals surface area contributed by atoms with Crippen molar-refractivity contribution in [1.82, 2.24) is 0 Å². The van der Waals surface area contributed by atoms with Crippen LogP contribution in [0.4, 0.5) is 0 Å². The molecule has 2 atom stereocenters. The zero-order valence-corrected chi connectivity index (χ0v) is 7.49. The quantitative estimate of drug-likeness (QED) is 0.576.